The topological polar surface area (TPSA) is 89.1 Å². The van der Waals surface area contributed by atoms with Gasteiger partial charge in [-0.1, -0.05) is 12.1 Å². The van der Waals surface area contributed by atoms with Gasteiger partial charge in [0.25, 0.3) is 5.91 Å². The number of methoxy groups -OCH3 is 3. The third kappa shape index (κ3) is 7.47. The van der Waals surface area contributed by atoms with E-state index in [1.807, 2.05) is 19.0 Å². The zero-order chi connectivity index (χ0) is 22.8. The first-order valence-corrected chi connectivity index (χ1v) is 9.70. The predicted molar refractivity (Wildman–Crippen MR) is 128 cm³/mol. The van der Waals surface area contributed by atoms with Gasteiger partial charge in [-0.3, -0.25) is 9.59 Å². The number of hydrogen-bond acceptors (Lipinski definition) is 6. The van der Waals surface area contributed by atoms with Gasteiger partial charge in [0.1, 0.15) is 0 Å². The lowest BCUT2D eigenvalue weighted by atomic mass is 10.1. The quantitative estimate of drug-likeness (QED) is 0.526. The van der Waals surface area contributed by atoms with Crippen molar-refractivity contribution in [3.05, 3.63) is 53.6 Å². The van der Waals surface area contributed by atoms with E-state index in [9.17, 15) is 9.59 Å². The van der Waals surface area contributed by atoms with E-state index < -0.39 is 0 Å². The third-order valence-electron chi connectivity index (χ3n) is 4.39. The summed E-state index contributed by atoms with van der Waals surface area (Å²) in [5.41, 5.74) is 1.53. The summed E-state index contributed by atoms with van der Waals surface area (Å²) in [5.74, 6) is 0.831. The highest BCUT2D eigenvalue weighted by molar-refractivity contribution is 6.07. The summed E-state index contributed by atoms with van der Waals surface area (Å²) >= 11 is 0. The van der Waals surface area contributed by atoms with E-state index in [4.69, 9.17) is 14.2 Å². The number of anilines is 1. The van der Waals surface area contributed by atoms with E-state index in [2.05, 4.69) is 10.6 Å². The number of amides is 2. The van der Waals surface area contributed by atoms with Crippen molar-refractivity contribution in [2.75, 3.05) is 53.8 Å². The van der Waals surface area contributed by atoms with E-state index in [0.29, 0.717) is 40.6 Å². The van der Waals surface area contributed by atoms with Gasteiger partial charge in [0.15, 0.2) is 11.5 Å². The molecule has 2 aromatic carbocycles. The zero-order valence-electron chi connectivity index (χ0n) is 18.9. The van der Waals surface area contributed by atoms with Crippen LogP contribution in [0.25, 0.3) is 6.08 Å². The van der Waals surface area contributed by atoms with Crippen LogP contribution in [0.1, 0.15) is 15.9 Å². The number of para-hydroxylation sites is 1. The molecule has 2 rings (SSSR count). The molecule has 9 heteroatoms. The van der Waals surface area contributed by atoms with Crippen LogP contribution in [0, 0.1) is 0 Å². The van der Waals surface area contributed by atoms with Crippen molar-refractivity contribution >= 4 is 36.0 Å². The van der Waals surface area contributed by atoms with Crippen molar-refractivity contribution < 1.29 is 23.8 Å². The van der Waals surface area contributed by atoms with Gasteiger partial charge in [0.2, 0.25) is 11.7 Å². The molecular weight excluding hydrogens is 434 g/mol. The first-order valence-electron chi connectivity index (χ1n) is 9.70. The number of nitrogens with zero attached hydrogens (tertiary/aromatic N) is 1. The molecule has 0 aromatic heterocycles. The molecule has 174 valence electrons. The molecule has 0 fully saturated rings. The van der Waals surface area contributed by atoms with Crippen molar-refractivity contribution in [1.29, 1.82) is 0 Å². The number of hydrogen-bond donors (Lipinski definition) is 2. The second-order valence-corrected chi connectivity index (χ2v) is 6.89. The average molecular weight is 464 g/mol. The molecule has 0 aliphatic carbocycles. The number of carbonyl (C=O) groups excluding carboxylic acids is 2. The van der Waals surface area contributed by atoms with Gasteiger partial charge in [0.05, 0.1) is 32.6 Å². The summed E-state index contributed by atoms with van der Waals surface area (Å²) in [4.78, 5) is 26.9. The van der Waals surface area contributed by atoms with Crippen LogP contribution in [0.15, 0.2) is 42.5 Å². The second-order valence-electron chi connectivity index (χ2n) is 6.89. The minimum absolute atomic E-state index is 0. The van der Waals surface area contributed by atoms with Gasteiger partial charge >= 0.3 is 0 Å². The number of rotatable bonds is 10. The SMILES string of the molecule is COc1cc(C=CC(=O)Nc2ccccc2C(=O)NCCN(C)C)cc(OC)c1OC.Cl. The van der Waals surface area contributed by atoms with Crippen LogP contribution in [0.4, 0.5) is 5.69 Å². The Hall–Kier alpha value is -3.23. The number of likely N-dealkylation sites (N-methyl/N-ethyl adjacent to an activating group) is 1. The molecule has 0 bridgehead atoms. The summed E-state index contributed by atoms with van der Waals surface area (Å²) in [6.45, 7) is 1.23. The summed E-state index contributed by atoms with van der Waals surface area (Å²) in [6.07, 6.45) is 3.00. The van der Waals surface area contributed by atoms with Crippen LogP contribution < -0.4 is 24.8 Å². The highest BCUT2D eigenvalue weighted by Gasteiger charge is 2.13. The van der Waals surface area contributed by atoms with Crippen LogP contribution in [0.5, 0.6) is 17.2 Å². The number of halogens is 1. The fourth-order valence-electron chi connectivity index (χ4n) is 2.82. The first-order chi connectivity index (χ1) is 14.9. The van der Waals surface area contributed by atoms with E-state index >= 15 is 0 Å². The summed E-state index contributed by atoms with van der Waals surface area (Å²) in [5, 5.41) is 5.60. The van der Waals surface area contributed by atoms with Gasteiger partial charge in [-0.15, -0.1) is 12.4 Å². The van der Waals surface area contributed by atoms with Crippen LogP contribution in [-0.4, -0.2) is 65.2 Å². The minimum atomic E-state index is -0.373. The Morgan fingerprint density at radius 1 is 1.00 bits per heavy atom. The highest BCUT2D eigenvalue weighted by Crippen LogP contribution is 2.38. The molecule has 0 spiro atoms. The molecule has 2 aromatic rings. The maximum Gasteiger partial charge on any atom is 0.253 e. The smallest absolute Gasteiger partial charge is 0.253 e. The van der Waals surface area contributed by atoms with E-state index in [1.54, 1.807) is 42.5 Å². The lowest BCUT2D eigenvalue weighted by molar-refractivity contribution is -0.111. The molecule has 8 nitrogen and oxygen atoms in total. The Bertz CT molecular complexity index is 922. The fourth-order valence-corrected chi connectivity index (χ4v) is 2.82. The number of benzene rings is 2. The molecule has 0 radical (unpaired) electrons. The monoisotopic (exact) mass is 463 g/mol. The largest absolute Gasteiger partial charge is 0.493 e. The van der Waals surface area contributed by atoms with Gasteiger partial charge < -0.3 is 29.7 Å². The number of carbonyl (C=O) groups is 2. The molecule has 0 aliphatic heterocycles. The van der Waals surface area contributed by atoms with Crippen molar-refractivity contribution in [1.82, 2.24) is 10.2 Å². The molecule has 0 atom stereocenters. The number of nitrogens with one attached hydrogen (secondary N) is 2. The predicted octanol–water partition coefficient (Wildman–Crippen LogP) is 3.08. The minimum Gasteiger partial charge on any atom is -0.493 e. The summed E-state index contributed by atoms with van der Waals surface area (Å²) in [6, 6.07) is 10.3. The summed E-state index contributed by atoms with van der Waals surface area (Å²) in [7, 11) is 8.44. The Balaban J connectivity index is 0.00000512. The first kappa shape index (κ1) is 26.8. The Labute approximate surface area is 194 Å². The van der Waals surface area contributed by atoms with Gasteiger partial charge in [0, 0.05) is 19.2 Å². The van der Waals surface area contributed by atoms with Crippen LogP contribution in [0.2, 0.25) is 0 Å². The molecule has 32 heavy (non-hydrogen) atoms. The molecule has 0 heterocycles. The van der Waals surface area contributed by atoms with Crippen LogP contribution in [-0.2, 0) is 4.79 Å². The lowest BCUT2D eigenvalue weighted by Gasteiger charge is -2.13. The van der Waals surface area contributed by atoms with Crippen molar-refractivity contribution in [3.8, 4) is 17.2 Å². The maximum absolute atomic E-state index is 12.5. The van der Waals surface area contributed by atoms with Gasteiger partial charge in [-0.2, -0.15) is 0 Å². The highest BCUT2D eigenvalue weighted by atomic mass is 35.5. The molecule has 0 saturated heterocycles. The van der Waals surface area contributed by atoms with E-state index in [1.165, 1.54) is 27.4 Å². The Morgan fingerprint density at radius 2 is 1.62 bits per heavy atom. The normalized spacial score (nSPS) is 10.4. The zero-order valence-corrected chi connectivity index (χ0v) is 19.7. The van der Waals surface area contributed by atoms with Crippen LogP contribution in [0.3, 0.4) is 0 Å². The van der Waals surface area contributed by atoms with E-state index in [0.717, 1.165) is 6.54 Å². The standard InChI is InChI=1S/C23H29N3O5.ClH/c1-26(2)13-12-24-23(28)17-8-6-7-9-18(17)25-21(27)11-10-16-14-19(29-3)22(31-5)20(15-16)30-4;/h6-11,14-15H,12-13H2,1-5H3,(H,24,28)(H,25,27);1H. The fraction of sp³-hybridized carbons (Fsp3) is 0.304. The molecule has 0 unspecified atom stereocenters. The third-order valence-corrected chi connectivity index (χ3v) is 4.39. The van der Waals surface area contributed by atoms with Crippen molar-refractivity contribution in [3.63, 3.8) is 0 Å². The Kier molecular flexibility index (Phi) is 11.1. The lowest BCUT2D eigenvalue weighted by Crippen LogP contribution is -2.31. The van der Waals surface area contributed by atoms with Crippen molar-refractivity contribution in [2.45, 2.75) is 0 Å². The van der Waals surface area contributed by atoms with Gasteiger partial charge in [-0.05, 0) is 50.0 Å². The maximum atomic E-state index is 12.5. The molecule has 2 amide bonds. The molecular formula is C23H30ClN3O5. The summed E-state index contributed by atoms with van der Waals surface area (Å²) < 4.78 is 15.9. The average Bonchev–Trinajstić information content (AvgIpc) is 2.76. The molecule has 0 aliphatic rings. The van der Waals surface area contributed by atoms with Crippen molar-refractivity contribution in [2.24, 2.45) is 0 Å². The van der Waals surface area contributed by atoms with E-state index in [-0.39, 0.29) is 24.2 Å². The Morgan fingerprint density at radius 3 is 2.19 bits per heavy atom. The number of ether oxygens (including phenoxy) is 3. The van der Waals surface area contributed by atoms with Crippen LogP contribution >= 0.6 is 12.4 Å². The van der Waals surface area contributed by atoms with Gasteiger partial charge in [-0.25, -0.2) is 0 Å². The second kappa shape index (κ2) is 13.2. The molecule has 2 N–H and O–H groups in total. The molecule has 0 saturated carbocycles.